The number of aliphatic carboxylic acids is 1. The highest BCUT2D eigenvalue weighted by atomic mass is 19.1. The van der Waals surface area contributed by atoms with E-state index in [2.05, 4.69) is 18.8 Å². The van der Waals surface area contributed by atoms with Crippen LogP contribution in [0.4, 0.5) is 4.39 Å². The molecule has 2 N–H and O–H groups in total. The molecule has 0 saturated carbocycles. The molecule has 33 heavy (non-hydrogen) atoms. The van der Waals surface area contributed by atoms with Gasteiger partial charge >= 0.3 is 5.97 Å². The molecule has 1 atom stereocenters. The van der Waals surface area contributed by atoms with Crippen LogP contribution in [0.25, 0.3) is 0 Å². The zero-order valence-electron chi connectivity index (χ0n) is 19.5. The fourth-order valence-corrected chi connectivity index (χ4v) is 4.16. The number of nitrogens with zero attached hydrogens (tertiary/aromatic N) is 2. The Morgan fingerprint density at radius 1 is 1.45 bits per heavy atom. The third-order valence-corrected chi connectivity index (χ3v) is 6.09. The number of benzene rings is 1. The predicted molar refractivity (Wildman–Crippen MR) is 126 cm³/mol. The first-order chi connectivity index (χ1) is 15.9. The summed E-state index contributed by atoms with van der Waals surface area (Å²) in [5.41, 5.74) is 2.85. The highest BCUT2D eigenvalue weighted by molar-refractivity contribution is 5.95. The number of carboxylic acid groups (broad SMARTS) is 1. The van der Waals surface area contributed by atoms with Crippen LogP contribution in [0.5, 0.6) is 5.75 Å². The smallest absolute Gasteiger partial charge is 0.305 e. The third-order valence-electron chi connectivity index (χ3n) is 6.09. The zero-order chi connectivity index (χ0) is 23.8. The molecule has 1 aromatic carbocycles. The van der Waals surface area contributed by atoms with E-state index in [9.17, 15) is 14.3 Å². The molecule has 1 fully saturated rings. The normalized spacial score (nSPS) is 18.5. The number of rotatable bonds is 12. The number of carboxylic acids is 1. The topological polar surface area (TPSA) is 83.4 Å². The summed E-state index contributed by atoms with van der Waals surface area (Å²) in [4.78, 5) is 18.1. The third kappa shape index (κ3) is 6.88. The second-order valence-corrected chi connectivity index (χ2v) is 8.52. The first-order valence-electron chi connectivity index (χ1n) is 11.5. The van der Waals surface area contributed by atoms with Gasteiger partial charge in [-0.3, -0.25) is 9.69 Å². The zero-order valence-corrected chi connectivity index (χ0v) is 19.5. The Bertz CT molecular complexity index is 909. The maximum Gasteiger partial charge on any atom is 0.305 e. The van der Waals surface area contributed by atoms with Gasteiger partial charge in [0.25, 0.3) is 0 Å². The Hall–Kier alpha value is -2.71. The molecule has 8 heteroatoms. The van der Waals surface area contributed by atoms with E-state index in [1.54, 1.807) is 12.1 Å². The number of methoxy groups -OCH3 is 1. The van der Waals surface area contributed by atoms with Crippen LogP contribution in [0.3, 0.4) is 0 Å². The van der Waals surface area contributed by atoms with Gasteiger partial charge in [0, 0.05) is 38.0 Å². The molecule has 1 aromatic rings. The average molecular weight is 460 g/mol. The first kappa shape index (κ1) is 24.9. The number of aliphatic imine (C=N–C) groups is 1. The standard InChI is InChI=1S/C25H34FN3O4/c1-4-19(28-25-17(2)7-5-11-27-25)8-6-12-33-20-15-29(16-20)22(14-24(30)31)18-9-10-23(32-3)21(26)13-18/h4,9-10,13,20,22,27H,1,5-8,11-12,14-16H2,2-3H3,(H,30,31)/t22-/m0/s1. The van der Waals surface area contributed by atoms with E-state index in [0.29, 0.717) is 25.3 Å². The van der Waals surface area contributed by atoms with Gasteiger partial charge in [-0.05, 0) is 62.0 Å². The molecular formula is C25H34FN3O4. The number of halogens is 1. The maximum absolute atomic E-state index is 14.1. The fraction of sp³-hybridized carbons (Fsp3) is 0.520. The van der Waals surface area contributed by atoms with Crippen molar-refractivity contribution in [2.45, 2.75) is 51.2 Å². The average Bonchev–Trinajstić information content (AvgIpc) is 2.76. The first-order valence-corrected chi connectivity index (χ1v) is 11.5. The highest BCUT2D eigenvalue weighted by Gasteiger charge is 2.35. The molecule has 0 unspecified atom stereocenters. The van der Waals surface area contributed by atoms with Gasteiger partial charge in [0.2, 0.25) is 0 Å². The van der Waals surface area contributed by atoms with E-state index in [-0.39, 0.29) is 18.3 Å². The summed E-state index contributed by atoms with van der Waals surface area (Å²) >= 11 is 0. The Morgan fingerprint density at radius 3 is 2.88 bits per heavy atom. The van der Waals surface area contributed by atoms with Crippen LogP contribution in [0, 0.1) is 5.82 Å². The second kappa shape index (κ2) is 12.0. The quantitative estimate of drug-likeness (QED) is 0.362. The lowest BCUT2D eigenvalue weighted by Gasteiger charge is -2.43. The molecule has 0 aromatic heterocycles. The van der Waals surface area contributed by atoms with E-state index in [1.165, 1.54) is 24.8 Å². The molecule has 180 valence electrons. The van der Waals surface area contributed by atoms with Gasteiger partial charge in [0.05, 0.1) is 19.6 Å². The van der Waals surface area contributed by atoms with Crippen LogP contribution >= 0.6 is 0 Å². The van der Waals surface area contributed by atoms with Gasteiger partial charge < -0.3 is 19.9 Å². The van der Waals surface area contributed by atoms with Crippen LogP contribution in [-0.4, -0.2) is 61.1 Å². The minimum atomic E-state index is -0.922. The molecular weight excluding hydrogens is 425 g/mol. The lowest BCUT2D eigenvalue weighted by Crippen LogP contribution is -2.53. The number of hydrogen-bond acceptors (Lipinski definition) is 6. The van der Waals surface area contributed by atoms with Crippen molar-refractivity contribution in [1.29, 1.82) is 0 Å². The molecule has 0 spiro atoms. The van der Waals surface area contributed by atoms with Crippen molar-refractivity contribution in [3.63, 3.8) is 0 Å². The fourth-order valence-electron chi connectivity index (χ4n) is 4.16. The van der Waals surface area contributed by atoms with E-state index in [0.717, 1.165) is 43.8 Å². The SMILES string of the molecule is C=CC(CCCOC1CN([C@@H](CC(=O)O)c2ccc(OC)c(F)c2)C1)=NC1=C(C)CCCN1. The summed E-state index contributed by atoms with van der Waals surface area (Å²) in [6, 6.07) is 4.21. The number of hydrogen-bond donors (Lipinski definition) is 2. The Kier molecular flexibility index (Phi) is 9.03. The van der Waals surface area contributed by atoms with Crippen LogP contribution in [0.15, 0.2) is 47.2 Å². The van der Waals surface area contributed by atoms with E-state index in [1.807, 2.05) is 4.90 Å². The highest BCUT2D eigenvalue weighted by Crippen LogP contribution is 2.32. The van der Waals surface area contributed by atoms with Crippen molar-refractivity contribution in [3.05, 3.63) is 53.6 Å². The van der Waals surface area contributed by atoms with Crippen LogP contribution in [0.1, 0.15) is 50.6 Å². The van der Waals surface area contributed by atoms with Crippen LogP contribution < -0.4 is 10.1 Å². The number of nitrogens with one attached hydrogen (secondary N) is 1. The molecule has 0 amide bonds. The summed E-state index contributed by atoms with van der Waals surface area (Å²) < 4.78 is 25.1. The summed E-state index contributed by atoms with van der Waals surface area (Å²) in [5, 5.41) is 12.7. The number of ether oxygens (including phenoxy) is 2. The molecule has 2 aliphatic rings. The van der Waals surface area contributed by atoms with Gasteiger partial charge in [-0.2, -0.15) is 0 Å². The minimum absolute atomic E-state index is 0.0403. The second-order valence-electron chi connectivity index (χ2n) is 8.52. The van der Waals surface area contributed by atoms with Gasteiger partial charge in [0.15, 0.2) is 11.6 Å². The summed E-state index contributed by atoms with van der Waals surface area (Å²) in [5.74, 6) is -0.306. The number of likely N-dealkylation sites (tertiary alicyclic amines) is 1. The summed E-state index contributed by atoms with van der Waals surface area (Å²) in [6.45, 7) is 8.76. The molecule has 3 rings (SSSR count). The van der Waals surface area contributed by atoms with Crippen molar-refractivity contribution in [1.82, 2.24) is 10.2 Å². The Morgan fingerprint density at radius 2 is 2.24 bits per heavy atom. The monoisotopic (exact) mass is 459 g/mol. The number of allylic oxidation sites excluding steroid dienone is 2. The van der Waals surface area contributed by atoms with Gasteiger partial charge in [-0.15, -0.1) is 0 Å². The van der Waals surface area contributed by atoms with Crippen LogP contribution in [0.2, 0.25) is 0 Å². The van der Waals surface area contributed by atoms with Gasteiger partial charge in [0.1, 0.15) is 5.82 Å². The van der Waals surface area contributed by atoms with Crippen molar-refractivity contribution < 1.29 is 23.8 Å². The Balaban J connectivity index is 1.47. The van der Waals surface area contributed by atoms with Crippen molar-refractivity contribution in [3.8, 4) is 5.75 Å². The predicted octanol–water partition coefficient (Wildman–Crippen LogP) is 4.07. The molecule has 7 nitrogen and oxygen atoms in total. The van der Waals surface area contributed by atoms with E-state index >= 15 is 0 Å². The van der Waals surface area contributed by atoms with Crippen LogP contribution in [-0.2, 0) is 9.53 Å². The summed E-state index contributed by atoms with van der Waals surface area (Å²) in [6.07, 6.45) is 5.57. The maximum atomic E-state index is 14.1. The largest absolute Gasteiger partial charge is 0.494 e. The summed E-state index contributed by atoms with van der Waals surface area (Å²) in [7, 11) is 1.40. The van der Waals surface area contributed by atoms with Gasteiger partial charge in [-0.25, -0.2) is 9.38 Å². The van der Waals surface area contributed by atoms with Crippen molar-refractivity contribution in [2.75, 3.05) is 33.4 Å². The molecule has 0 radical (unpaired) electrons. The molecule has 0 aliphatic carbocycles. The van der Waals surface area contributed by atoms with Crippen molar-refractivity contribution in [2.24, 2.45) is 4.99 Å². The number of carbonyl (C=O) groups is 1. The van der Waals surface area contributed by atoms with Crippen molar-refractivity contribution >= 4 is 11.7 Å². The Labute approximate surface area is 195 Å². The lowest BCUT2D eigenvalue weighted by molar-refractivity contribution is -0.140. The van der Waals surface area contributed by atoms with Gasteiger partial charge in [-0.1, -0.05) is 12.6 Å². The lowest BCUT2D eigenvalue weighted by atomic mass is 9.97. The van der Waals surface area contributed by atoms with E-state index in [4.69, 9.17) is 14.5 Å². The molecule has 2 aliphatic heterocycles. The minimum Gasteiger partial charge on any atom is -0.494 e. The molecule has 1 saturated heterocycles. The van der Waals surface area contributed by atoms with E-state index < -0.39 is 17.8 Å². The molecule has 2 heterocycles. The molecule has 0 bridgehead atoms.